The molecule has 0 radical (unpaired) electrons. The maximum atomic E-state index is 11.1. The fourth-order valence-corrected chi connectivity index (χ4v) is 1.43. The number of carbonyl (C=O) groups excluding carboxylic acids is 1. The van der Waals surface area contributed by atoms with E-state index in [2.05, 4.69) is 11.4 Å². The third-order valence-corrected chi connectivity index (χ3v) is 2.31. The molecule has 4 nitrogen and oxygen atoms in total. The Morgan fingerprint density at radius 2 is 2.06 bits per heavy atom. The molecule has 1 amide bonds. The van der Waals surface area contributed by atoms with Crippen LogP contribution in [0, 0.1) is 11.3 Å². The quantitative estimate of drug-likeness (QED) is 0.840. The van der Waals surface area contributed by atoms with Crippen LogP contribution in [0.15, 0.2) is 24.3 Å². The van der Waals surface area contributed by atoms with Crippen molar-refractivity contribution in [3.8, 4) is 6.07 Å². The maximum absolute atomic E-state index is 11.1. The fraction of sp³-hybridized carbons (Fsp3) is 0.333. The normalized spacial score (nSPS) is 10.9. The van der Waals surface area contributed by atoms with Gasteiger partial charge in [-0.15, -0.1) is 12.4 Å². The van der Waals surface area contributed by atoms with E-state index in [1.54, 1.807) is 19.2 Å². The van der Waals surface area contributed by atoms with Crippen LogP contribution < -0.4 is 11.1 Å². The second-order valence-corrected chi connectivity index (χ2v) is 3.65. The first-order valence-corrected chi connectivity index (χ1v) is 5.11. The van der Waals surface area contributed by atoms with Crippen LogP contribution in [0.4, 0.5) is 0 Å². The average Bonchev–Trinajstić information content (AvgIpc) is 2.29. The Labute approximate surface area is 107 Å². The van der Waals surface area contributed by atoms with E-state index in [9.17, 15) is 4.79 Å². The minimum atomic E-state index is -0.187. The maximum Gasteiger partial charge on any atom is 0.221 e. The van der Waals surface area contributed by atoms with Gasteiger partial charge in [0.2, 0.25) is 5.91 Å². The first-order valence-electron chi connectivity index (χ1n) is 5.11. The Balaban J connectivity index is 0.00000256. The van der Waals surface area contributed by atoms with Gasteiger partial charge in [0.05, 0.1) is 11.6 Å². The molecule has 0 heterocycles. The molecule has 0 fully saturated rings. The van der Waals surface area contributed by atoms with E-state index >= 15 is 0 Å². The molecule has 1 atom stereocenters. The third kappa shape index (κ3) is 5.34. The van der Waals surface area contributed by atoms with Crippen molar-refractivity contribution < 1.29 is 4.79 Å². The number of carbonyl (C=O) groups is 1. The molecule has 0 aliphatic rings. The Bertz CT molecular complexity index is 397. The zero-order chi connectivity index (χ0) is 12.0. The molecule has 1 rings (SSSR count). The van der Waals surface area contributed by atoms with Crippen LogP contribution >= 0.6 is 12.4 Å². The Hall–Kier alpha value is -1.57. The van der Waals surface area contributed by atoms with Crippen LogP contribution in [0.2, 0.25) is 0 Å². The topological polar surface area (TPSA) is 78.9 Å². The molecule has 5 heteroatoms. The van der Waals surface area contributed by atoms with Crippen LogP contribution in [-0.2, 0) is 11.2 Å². The minimum absolute atomic E-state index is 0. The molecule has 0 unspecified atom stereocenters. The van der Waals surface area contributed by atoms with E-state index in [0.29, 0.717) is 18.4 Å². The van der Waals surface area contributed by atoms with Crippen molar-refractivity contribution in [1.82, 2.24) is 5.32 Å². The van der Waals surface area contributed by atoms with E-state index in [4.69, 9.17) is 11.0 Å². The lowest BCUT2D eigenvalue weighted by Gasteiger charge is -2.10. The molecular weight excluding hydrogens is 238 g/mol. The van der Waals surface area contributed by atoms with Crippen molar-refractivity contribution in [2.45, 2.75) is 18.9 Å². The van der Waals surface area contributed by atoms with Gasteiger partial charge in [0.25, 0.3) is 0 Å². The molecule has 0 aliphatic carbocycles. The van der Waals surface area contributed by atoms with Crippen molar-refractivity contribution in [3.05, 3.63) is 35.4 Å². The summed E-state index contributed by atoms with van der Waals surface area (Å²) in [4.78, 5) is 11.1. The molecular formula is C12H16ClN3O. The molecule has 0 aliphatic heterocycles. The number of nitriles is 1. The van der Waals surface area contributed by atoms with Crippen molar-refractivity contribution in [2.24, 2.45) is 5.73 Å². The SMILES string of the molecule is CNC(=O)C[C@H](N)Cc1ccc(C#N)cc1.Cl. The average molecular weight is 254 g/mol. The van der Waals surface area contributed by atoms with Crippen LogP contribution in [0.1, 0.15) is 17.5 Å². The minimum Gasteiger partial charge on any atom is -0.359 e. The Morgan fingerprint density at radius 1 is 1.47 bits per heavy atom. The highest BCUT2D eigenvalue weighted by Gasteiger charge is 2.08. The predicted molar refractivity (Wildman–Crippen MR) is 68.8 cm³/mol. The summed E-state index contributed by atoms with van der Waals surface area (Å²) in [5, 5.41) is 11.2. The molecule has 0 spiro atoms. The van der Waals surface area contributed by atoms with Gasteiger partial charge >= 0.3 is 0 Å². The van der Waals surface area contributed by atoms with Crippen molar-refractivity contribution in [3.63, 3.8) is 0 Å². The van der Waals surface area contributed by atoms with Gasteiger partial charge in [-0.2, -0.15) is 5.26 Å². The highest BCUT2D eigenvalue weighted by Crippen LogP contribution is 2.06. The van der Waals surface area contributed by atoms with Crippen LogP contribution in [-0.4, -0.2) is 19.0 Å². The van der Waals surface area contributed by atoms with E-state index < -0.39 is 0 Å². The van der Waals surface area contributed by atoms with Gasteiger partial charge in [-0.1, -0.05) is 12.1 Å². The summed E-state index contributed by atoms with van der Waals surface area (Å²) in [5.41, 5.74) is 7.49. The van der Waals surface area contributed by atoms with E-state index in [0.717, 1.165) is 5.56 Å². The highest BCUT2D eigenvalue weighted by atomic mass is 35.5. The summed E-state index contributed by atoms with van der Waals surface area (Å²) < 4.78 is 0. The Kier molecular flexibility index (Phi) is 6.95. The van der Waals surface area contributed by atoms with Gasteiger partial charge in [0.1, 0.15) is 0 Å². The number of nitrogens with one attached hydrogen (secondary N) is 1. The number of nitrogens with two attached hydrogens (primary N) is 1. The van der Waals surface area contributed by atoms with E-state index in [1.807, 2.05) is 12.1 Å². The number of hydrogen-bond acceptors (Lipinski definition) is 3. The third-order valence-electron chi connectivity index (χ3n) is 2.31. The Morgan fingerprint density at radius 3 is 2.53 bits per heavy atom. The summed E-state index contributed by atoms with van der Waals surface area (Å²) >= 11 is 0. The molecule has 0 saturated heterocycles. The highest BCUT2D eigenvalue weighted by molar-refractivity contribution is 5.85. The van der Waals surface area contributed by atoms with Gasteiger partial charge in [0, 0.05) is 19.5 Å². The first kappa shape index (κ1) is 15.4. The van der Waals surface area contributed by atoms with Crippen molar-refractivity contribution in [1.29, 1.82) is 5.26 Å². The van der Waals surface area contributed by atoms with Crippen LogP contribution in [0.3, 0.4) is 0 Å². The summed E-state index contributed by atoms with van der Waals surface area (Å²) in [6.07, 6.45) is 0.954. The van der Waals surface area contributed by atoms with Gasteiger partial charge in [-0.3, -0.25) is 4.79 Å². The zero-order valence-electron chi connectivity index (χ0n) is 9.64. The molecule has 0 aromatic heterocycles. The summed E-state index contributed by atoms with van der Waals surface area (Å²) in [5.74, 6) is -0.0545. The molecule has 0 bridgehead atoms. The second-order valence-electron chi connectivity index (χ2n) is 3.65. The fourth-order valence-electron chi connectivity index (χ4n) is 1.43. The monoisotopic (exact) mass is 253 g/mol. The van der Waals surface area contributed by atoms with Crippen LogP contribution in [0.25, 0.3) is 0 Å². The van der Waals surface area contributed by atoms with Gasteiger partial charge in [-0.05, 0) is 24.1 Å². The smallest absolute Gasteiger partial charge is 0.221 e. The first-order chi connectivity index (χ1) is 7.65. The summed E-state index contributed by atoms with van der Waals surface area (Å²) in [7, 11) is 1.59. The molecule has 1 aromatic carbocycles. The number of benzene rings is 1. The van der Waals surface area contributed by atoms with Gasteiger partial charge in [-0.25, -0.2) is 0 Å². The largest absolute Gasteiger partial charge is 0.359 e. The zero-order valence-corrected chi connectivity index (χ0v) is 10.5. The lowest BCUT2D eigenvalue weighted by atomic mass is 10.0. The summed E-state index contributed by atoms with van der Waals surface area (Å²) in [6.45, 7) is 0. The van der Waals surface area contributed by atoms with E-state index in [1.165, 1.54) is 0 Å². The molecule has 3 N–H and O–H groups in total. The second kappa shape index (κ2) is 7.66. The number of hydrogen-bond donors (Lipinski definition) is 2. The van der Waals surface area contributed by atoms with Gasteiger partial charge in [0.15, 0.2) is 0 Å². The van der Waals surface area contributed by atoms with Gasteiger partial charge < -0.3 is 11.1 Å². The number of nitrogens with zero attached hydrogens (tertiary/aromatic N) is 1. The lowest BCUT2D eigenvalue weighted by Crippen LogP contribution is -2.31. The molecule has 1 aromatic rings. The summed E-state index contributed by atoms with van der Waals surface area (Å²) in [6, 6.07) is 9.10. The standard InChI is InChI=1S/C12H15N3O.ClH/c1-15-12(16)7-11(14)6-9-2-4-10(8-13)5-3-9;/h2-5,11H,6-7,14H2,1H3,(H,15,16);1H/t11-;/m1./s1. The number of halogens is 1. The molecule has 0 saturated carbocycles. The lowest BCUT2D eigenvalue weighted by molar-refractivity contribution is -0.120. The molecule has 92 valence electrons. The molecule has 17 heavy (non-hydrogen) atoms. The van der Waals surface area contributed by atoms with Crippen LogP contribution in [0.5, 0.6) is 0 Å². The van der Waals surface area contributed by atoms with Crippen molar-refractivity contribution >= 4 is 18.3 Å². The van der Waals surface area contributed by atoms with Crippen molar-refractivity contribution in [2.75, 3.05) is 7.05 Å². The van der Waals surface area contributed by atoms with E-state index in [-0.39, 0.29) is 24.4 Å². The number of rotatable bonds is 4. The number of amides is 1. The predicted octanol–water partition coefficient (Wildman–Crippen LogP) is 0.986.